The average Bonchev–Trinajstić information content (AvgIpc) is 3.46. The van der Waals surface area contributed by atoms with Gasteiger partial charge in [-0.1, -0.05) is 24.3 Å². The van der Waals surface area contributed by atoms with E-state index >= 15 is 0 Å². The van der Waals surface area contributed by atoms with Gasteiger partial charge in [-0.05, 0) is 41.5 Å². The second-order valence-electron chi connectivity index (χ2n) is 8.04. The highest BCUT2D eigenvalue weighted by molar-refractivity contribution is 5.99. The zero-order chi connectivity index (χ0) is 23.7. The minimum Gasteiger partial charge on any atom is -0.493 e. The van der Waals surface area contributed by atoms with Crippen molar-refractivity contribution in [2.45, 2.75) is 19.0 Å². The Morgan fingerprint density at radius 1 is 1.00 bits per heavy atom. The van der Waals surface area contributed by atoms with Crippen LogP contribution in [0.4, 0.5) is 5.69 Å². The molecule has 8 heteroatoms. The van der Waals surface area contributed by atoms with Crippen LogP contribution in [-0.4, -0.2) is 37.7 Å². The molecule has 34 heavy (non-hydrogen) atoms. The van der Waals surface area contributed by atoms with E-state index in [1.807, 2.05) is 36.4 Å². The summed E-state index contributed by atoms with van der Waals surface area (Å²) in [6, 6.07) is 17.7. The molecular formula is C26H24N2O6. The molecule has 3 aromatic rings. The van der Waals surface area contributed by atoms with E-state index in [-0.39, 0.29) is 25.0 Å². The number of ether oxygens (including phenoxy) is 4. The molecule has 0 bridgehead atoms. The number of fused-ring (bicyclic) bond motifs is 2. The summed E-state index contributed by atoms with van der Waals surface area (Å²) in [6.45, 7) is 0.580. The highest BCUT2D eigenvalue weighted by Gasteiger charge is 2.35. The molecule has 5 rings (SSSR count). The summed E-state index contributed by atoms with van der Waals surface area (Å²) in [5.74, 6) is 1.99. The van der Waals surface area contributed by atoms with Gasteiger partial charge in [-0.3, -0.25) is 9.59 Å². The SMILES string of the molecule is COc1ccc([C@H](CC(=O)Nc2ccc3c(c2)OCO3)N2Cc3ccccc3C2=O)cc1OC. The molecule has 3 aromatic carbocycles. The molecule has 8 nitrogen and oxygen atoms in total. The van der Waals surface area contributed by atoms with E-state index in [4.69, 9.17) is 18.9 Å². The van der Waals surface area contributed by atoms with Crippen molar-refractivity contribution >= 4 is 17.5 Å². The van der Waals surface area contributed by atoms with Crippen LogP contribution < -0.4 is 24.3 Å². The Labute approximate surface area is 197 Å². The van der Waals surface area contributed by atoms with Gasteiger partial charge >= 0.3 is 0 Å². The highest BCUT2D eigenvalue weighted by Crippen LogP contribution is 2.38. The third-order valence-corrected chi connectivity index (χ3v) is 6.05. The lowest BCUT2D eigenvalue weighted by Crippen LogP contribution is -2.32. The van der Waals surface area contributed by atoms with E-state index in [0.29, 0.717) is 40.8 Å². The first kappa shape index (κ1) is 21.6. The molecule has 0 aromatic heterocycles. The van der Waals surface area contributed by atoms with Crippen molar-refractivity contribution in [3.05, 3.63) is 77.4 Å². The van der Waals surface area contributed by atoms with E-state index in [0.717, 1.165) is 11.1 Å². The molecule has 174 valence electrons. The number of rotatable bonds is 7. The summed E-state index contributed by atoms with van der Waals surface area (Å²) in [4.78, 5) is 28.1. The molecule has 0 saturated heterocycles. The van der Waals surface area contributed by atoms with Gasteiger partial charge in [0.1, 0.15) is 0 Å². The fourth-order valence-electron chi connectivity index (χ4n) is 4.36. The molecule has 2 aliphatic heterocycles. The van der Waals surface area contributed by atoms with Crippen LogP contribution in [0.25, 0.3) is 0 Å². The van der Waals surface area contributed by atoms with Gasteiger partial charge in [0.05, 0.1) is 26.7 Å². The van der Waals surface area contributed by atoms with Crippen molar-refractivity contribution in [1.29, 1.82) is 0 Å². The van der Waals surface area contributed by atoms with Gasteiger partial charge in [0, 0.05) is 23.9 Å². The Balaban J connectivity index is 1.43. The van der Waals surface area contributed by atoms with Gasteiger partial charge in [-0.2, -0.15) is 0 Å². The lowest BCUT2D eigenvalue weighted by Gasteiger charge is -2.28. The van der Waals surface area contributed by atoms with Gasteiger partial charge in [0.2, 0.25) is 12.7 Å². The number of anilines is 1. The van der Waals surface area contributed by atoms with Crippen molar-refractivity contribution in [1.82, 2.24) is 4.90 Å². The van der Waals surface area contributed by atoms with E-state index < -0.39 is 6.04 Å². The zero-order valence-electron chi connectivity index (χ0n) is 18.9. The maximum atomic E-state index is 13.3. The minimum absolute atomic E-state index is 0.0592. The van der Waals surface area contributed by atoms with Crippen LogP contribution >= 0.6 is 0 Å². The predicted octanol–water partition coefficient (Wildman–Crippen LogP) is 4.16. The van der Waals surface area contributed by atoms with E-state index in [1.165, 1.54) is 0 Å². The number of carbonyl (C=O) groups excluding carboxylic acids is 2. The van der Waals surface area contributed by atoms with Gasteiger partial charge in [-0.25, -0.2) is 0 Å². The molecule has 0 radical (unpaired) electrons. The Morgan fingerprint density at radius 3 is 2.59 bits per heavy atom. The first-order chi connectivity index (χ1) is 16.6. The standard InChI is InChI=1S/C26H24N2O6/c1-31-21-9-7-16(11-23(21)32-2)20(28-14-17-5-3-4-6-19(17)26(28)30)13-25(29)27-18-8-10-22-24(12-18)34-15-33-22/h3-12,20H,13-15H2,1-2H3,(H,27,29)/t20-/m0/s1. The number of hydrogen-bond donors (Lipinski definition) is 1. The second-order valence-corrected chi connectivity index (χ2v) is 8.04. The molecule has 1 N–H and O–H groups in total. The number of nitrogens with one attached hydrogen (secondary N) is 1. The van der Waals surface area contributed by atoms with Crippen LogP contribution in [0.5, 0.6) is 23.0 Å². The number of carbonyl (C=O) groups is 2. The third kappa shape index (κ3) is 3.98. The Hall–Kier alpha value is -4.20. The molecule has 0 aliphatic carbocycles. The summed E-state index contributed by atoms with van der Waals surface area (Å²) >= 11 is 0. The molecular weight excluding hydrogens is 436 g/mol. The van der Waals surface area contributed by atoms with Crippen LogP contribution in [0.2, 0.25) is 0 Å². The van der Waals surface area contributed by atoms with Crippen LogP contribution in [0.1, 0.15) is 33.9 Å². The third-order valence-electron chi connectivity index (χ3n) is 6.05. The van der Waals surface area contributed by atoms with Crippen LogP contribution in [-0.2, 0) is 11.3 Å². The molecule has 2 aliphatic rings. The molecule has 0 unspecified atom stereocenters. The molecule has 0 spiro atoms. The first-order valence-electron chi connectivity index (χ1n) is 10.9. The van der Waals surface area contributed by atoms with Gasteiger partial charge in [0.25, 0.3) is 5.91 Å². The van der Waals surface area contributed by atoms with E-state index in [2.05, 4.69) is 5.32 Å². The summed E-state index contributed by atoms with van der Waals surface area (Å²) < 4.78 is 21.6. The largest absolute Gasteiger partial charge is 0.493 e. The van der Waals surface area contributed by atoms with Crippen LogP contribution in [0, 0.1) is 0 Å². The van der Waals surface area contributed by atoms with Crippen molar-refractivity contribution in [2.75, 3.05) is 26.3 Å². The molecule has 0 fully saturated rings. The molecule has 1 atom stereocenters. The van der Waals surface area contributed by atoms with E-state index in [9.17, 15) is 9.59 Å². The summed E-state index contributed by atoms with van der Waals surface area (Å²) in [6.07, 6.45) is 0.0592. The van der Waals surface area contributed by atoms with Crippen molar-refractivity contribution in [3.8, 4) is 23.0 Å². The van der Waals surface area contributed by atoms with Gasteiger partial charge in [0.15, 0.2) is 23.0 Å². The Kier molecular flexibility index (Phi) is 5.71. The fraction of sp³-hybridized carbons (Fsp3) is 0.231. The van der Waals surface area contributed by atoms with E-state index in [1.54, 1.807) is 43.4 Å². The molecule has 2 amide bonds. The predicted molar refractivity (Wildman–Crippen MR) is 124 cm³/mol. The smallest absolute Gasteiger partial charge is 0.255 e. The number of methoxy groups -OCH3 is 2. The number of benzene rings is 3. The quantitative estimate of drug-likeness (QED) is 0.570. The normalized spacial score (nSPS) is 14.5. The Morgan fingerprint density at radius 2 is 1.79 bits per heavy atom. The molecule has 2 heterocycles. The van der Waals surface area contributed by atoms with Gasteiger partial charge in [-0.15, -0.1) is 0 Å². The van der Waals surface area contributed by atoms with Crippen LogP contribution in [0.15, 0.2) is 60.7 Å². The number of nitrogens with zero attached hydrogens (tertiary/aromatic N) is 1. The number of hydrogen-bond acceptors (Lipinski definition) is 6. The summed E-state index contributed by atoms with van der Waals surface area (Å²) in [5.41, 5.74) is 2.97. The summed E-state index contributed by atoms with van der Waals surface area (Å²) in [7, 11) is 3.12. The topological polar surface area (TPSA) is 86.3 Å². The van der Waals surface area contributed by atoms with Crippen molar-refractivity contribution < 1.29 is 28.5 Å². The Bertz CT molecular complexity index is 1260. The molecule has 0 saturated carbocycles. The average molecular weight is 460 g/mol. The highest BCUT2D eigenvalue weighted by atomic mass is 16.7. The zero-order valence-corrected chi connectivity index (χ0v) is 18.9. The lowest BCUT2D eigenvalue weighted by molar-refractivity contribution is -0.117. The second kappa shape index (κ2) is 8.97. The first-order valence-corrected chi connectivity index (χ1v) is 10.9. The van der Waals surface area contributed by atoms with Crippen molar-refractivity contribution in [2.24, 2.45) is 0 Å². The summed E-state index contributed by atoms with van der Waals surface area (Å²) in [5, 5.41) is 2.91. The maximum absolute atomic E-state index is 13.3. The van der Waals surface area contributed by atoms with Crippen molar-refractivity contribution in [3.63, 3.8) is 0 Å². The lowest BCUT2D eigenvalue weighted by atomic mass is 10.0. The van der Waals surface area contributed by atoms with Gasteiger partial charge < -0.3 is 29.2 Å². The maximum Gasteiger partial charge on any atom is 0.255 e. The minimum atomic E-state index is -0.506. The monoisotopic (exact) mass is 460 g/mol. The number of amides is 2. The van der Waals surface area contributed by atoms with Crippen LogP contribution in [0.3, 0.4) is 0 Å². The fourth-order valence-corrected chi connectivity index (χ4v) is 4.36.